The van der Waals surface area contributed by atoms with E-state index in [4.69, 9.17) is 0 Å². The highest BCUT2D eigenvalue weighted by Gasteiger charge is 2.29. The number of non-ortho nitro benzene ring substituents is 1. The minimum atomic E-state index is -3.78. The number of nitro groups is 1. The first-order valence-corrected chi connectivity index (χ1v) is 8.29. The second-order valence-electron chi connectivity index (χ2n) is 5.35. The van der Waals surface area contributed by atoms with Crippen molar-refractivity contribution in [1.82, 2.24) is 4.72 Å². The van der Waals surface area contributed by atoms with E-state index < -0.39 is 14.9 Å². The molecule has 0 aliphatic heterocycles. The summed E-state index contributed by atoms with van der Waals surface area (Å²) >= 11 is 0. The molecule has 0 bridgehead atoms. The lowest BCUT2D eigenvalue weighted by Gasteiger charge is -2.14. The molecule has 1 atom stereocenters. The zero-order valence-corrected chi connectivity index (χ0v) is 12.8. The van der Waals surface area contributed by atoms with Crippen molar-refractivity contribution in [1.29, 1.82) is 0 Å². The van der Waals surface area contributed by atoms with Gasteiger partial charge in [0.2, 0.25) is 10.0 Å². The molecule has 2 rings (SSSR count). The third-order valence-electron chi connectivity index (χ3n) is 3.76. The van der Waals surface area contributed by atoms with Crippen molar-refractivity contribution in [3.8, 4) is 0 Å². The number of rotatable bonds is 7. The molecule has 116 valence electrons. The highest BCUT2D eigenvalue weighted by molar-refractivity contribution is 7.89. The minimum absolute atomic E-state index is 0.0952. The fourth-order valence-electron chi connectivity index (χ4n) is 2.20. The Morgan fingerprint density at radius 2 is 2.10 bits per heavy atom. The first-order chi connectivity index (χ1) is 9.85. The Labute approximate surface area is 123 Å². The van der Waals surface area contributed by atoms with Crippen molar-refractivity contribution >= 4 is 21.4 Å². The average Bonchev–Trinajstić information content (AvgIpc) is 3.28. The van der Waals surface area contributed by atoms with Gasteiger partial charge in [-0.05, 0) is 30.7 Å². The van der Waals surface area contributed by atoms with Gasteiger partial charge in [-0.15, -0.1) is 0 Å². The van der Waals surface area contributed by atoms with Gasteiger partial charge in [0.05, 0.1) is 10.6 Å². The van der Waals surface area contributed by atoms with Crippen molar-refractivity contribution in [2.24, 2.45) is 11.8 Å². The van der Waals surface area contributed by atoms with E-state index in [1.807, 2.05) is 6.92 Å². The van der Waals surface area contributed by atoms with E-state index in [1.165, 1.54) is 12.1 Å². The van der Waals surface area contributed by atoms with E-state index in [0.717, 1.165) is 18.9 Å². The number of hydrogen-bond donors (Lipinski definition) is 2. The molecule has 2 N–H and O–H groups in total. The van der Waals surface area contributed by atoms with Gasteiger partial charge in [-0.1, -0.05) is 6.92 Å². The Kier molecular flexibility index (Phi) is 4.48. The molecule has 8 heteroatoms. The van der Waals surface area contributed by atoms with E-state index in [2.05, 4.69) is 10.0 Å². The Balaban J connectivity index is 2.24. The summed E-state index contributed by atoms with van der Waals surface area (Å²) in [5.41, 5.74) is 0.0943. The van der Waals surface area contributed by atoms with Gasteiger partial charge in [-0.2, -0.15) is 0 Å². The van der Waals surface area contributed by atoms with Crippen molar-refractivity contribution in [3.05, 3.63) is 28.3 Å². The number of anilines is 1. The smallest absolute Gasteiger partial charge is 0.270 e. The van der Waals surface area contributed by atoms with Crippen LogP contribution in [0.1, 0.15) is 19.8 Å². The molecule has 1 aliphatic rings. The molecule has 1 aliphatic carbocycles. The quantitative estimate of drug-likeness (QED) is 0.592. The number of nitrogens with one attached hydrogen (secondary N) is 2. The summed E-state index contributed by atoms with van der Waals surface area (Å²) in [6.45, 7) is 2.35. The van der Waals surface area contributed by atoms with Gasteiger partial charge >= 0.3 is 0 Å². The Bertz CT molecular complexity index is 641. The monoisotopic (exact) mass is 313 g/mol. The lowest BCUT2D eigenvalue weighted by Crippen LogP contribution is -2.29. The topological polar surface area (TPSA) is 101 Å². The average molecular weight is 313 g/mol. The summed E-state index contributed by atoms with van der Waals surface area (Å²) in [7, 11) is -2.20. The maximum absolute atomic E-state index is 12.4. The van der Waals surface area contributed by atoms with E-state index in [1.54, 1.807) is 7.05 Å². The van der Waals surface area contributed by atoms with Crippen LogP contribution >= 0.6 is 0 Å². The van der Waals surface area contributed by atoms with Crippen molar-refractivity contribution < 1.29 is 13.3 Å². The Hall–Kier alpha value is -1.67. The fraction of sp³-hybridized carbons (Fsp3) is 0.538. The molecule has 0 saturated heterocycles. The number of nitro benzene ring substituents is 1. The third kappa shape index (κ3) is 3.70. The normalized spacial score (nSPS) is 16.5. The molecule has 0 heterocycles. The summed E-state index contributed by atoms with van der Waals surface area (Å²) in [5, 5.41) is 13.6. The second-order valence-corrected chi connectivity index (χ2v) is 7.09. The zero-order valence-electron chi connectivity index (χ0n) is 12.0. The maximum Gasteiger partial charge on any atom is 0.270 e. The van der Waals surface area contributed by atoms with Crippen LogP contribution in [0, 0.1) is 22.0 Å². The zero-order chi connectivity index (χ0) is 15.6. The molecule has 21 heavy (non-hydrogen) atoms. The summed E-state index contributed by atoms with van der Waals surface area (Å²) in [4.78, 5) is 10.1. The number of benzene rings is 1. The molecule has 0 spiro atoms. The molecule has 0 amide bonds. The van der Waals surface area contributed by atoms with Crippen LogP contribution in [0.25, 0.3) is 0 Å². The van der Waals surface area contributed by atoms with Gasteiger partial charge in [0, 0.05) is 25.7 Å². The van der Waals surface area contributed by atoms with Crippen LogP contribution in [0.5, 0.6) is 0 Å². The van der Waals surface area contributed by atoms with Gasteiger partial charge in [0.25, 0.3) is 5.69 Å². The molecule has 1 fully saturated rings. The molecule has 1 unspecified atom stereocenters. The first kappa shape index (κ1) is 15.7. The minimum Gasteiger partial charge on any atom is -0.387 e. The standard InChI is InChI=1S/C13H19N3O4S/c1-9(10-3-4-10)8-15-21(19,20)13-7-11(16(17)18)5-6-12(13)14-2/h5-7,9-10,14-15H,3-4,8H2,1-2H3. The molecular formula is C13H19N3O4S. The van der Waals surface area contributed by atoms with Crippen LogP contribution in [-0.2, 0) is 10.0 Å². The number of hydrogen-bond acceptors (Lipinski definition) is 5. The van der Waals surface area contributed by atoms with Crippen LogP contribution in [0.15, 0.2) is 23.1 Å². The lowest BCUT2D eigenvalue weighted by molar-refractivity contribution is -0.385. The van der Waals surface area contributed by atoms with Gasteiger partial charge in [-0.3, -0.25) is 10.1 Å². The third-order valence-corrected chi connectivity index (χ3v) is 5.22. The molecular weight excluding hydrogens is 294 g/mol. The van der Waals surface area contributed by atoms with Gasteiger partial charge in [0.15, 0.2) is 0 Å². The highest BCUT2D eigenvalue weighted by atomic mass is 32.2. The highest BCUT2D eigenvalue weighted by Crippen LogP contribution is 2.36. The van der Waals surface area contributed by atoms with Crippen molar-refractivity contribution in [2.75, 3.05) is 18.9 Å². The van der Waals surface area contributed by atoms with Crippen LogP contribution in [-0.4, -0.2) is 26.9 Å². The van der Waals surface area contributed by atoms with Gasteiger partial charge in [-0.25, -0.2) is 13.1 Å². The van der Waals surface area contributed by atoms with Crippen LogP contribution < -0.4 is 10.0 Å². The van der Waals surface area contributed by atoms with Gasteiger partial charge in [0.1, 0.15) is 4.90 Å². The summed E-state index contributed by atoms with van der Waals surface area (Å²) in [6, 6.07) is 3.75. The SMILES string of the molecule is CNc1ccc([N+](=O)[O-])cc1S(=O)(=O)NCC(C)C1CC1. The van der Waals surface area contributed by atoms with Crippen LogP contribution in [0.3, 0.4) is 0 Å². The maximum atomic E-state index is 12.4. The number of nitrogens with zero attached hydrogens (tertiary/aromatic N) is 1. The molecule has 1 aromatic rings. The van der Waals surface area contributed by atoms with Gasteiger partial charge < -0.3 is 5.32 Å². The lowest BCUT2D eigenvalue weighted by atomic mass is 10.1. The molecule has 1 saturated carbocycles. The molecule has 0 aromatic heterocycles. The number of sulfonamides is 1. The van der Waals surface area contributed by atoms with Crippen molar-refractivity contribution in [2.45, 2.75) is 24.7 Å². The summed E-state index contributed by atoms with van der Waals surface area (Å²) in [6.07, 6.45) is 2.28. The summed E-state index contributed by atoms with van der Waals surface area (Å²) in [5.74, 6) is 0.859. The molecule has 1 aromatic carbocycles. The predicted molar refractivity (Wildman–Crippen MR) is 79.7 cm³/mol. The van der Waals surface area contributed by atoms with Crippen LogP contribution in [0.4, 0.5) is 11.4 Å². The van der Waals surface area contributed by atoms with E-state index >= 15 is 0 Å². The van der Waals surface area contributed by atoms with E-state index in [9.17, 15) is 18.5 Å². The van der Waals surface area contributed by atoms with E-state index in [0.29, 0.717) is 18.2 Å². The van der Waals surface area contributed by atoms with Crippen LogP contribution in [0.2, 0.25) is 0 Å². The molecule has 0 radical (unpaired) electrons. The Morgan fingerprint density at radius 1 is 1.43 bits per heavy atom. The summed E-state index contributed by atoms with van der Waals surface area (Å²) < 4.78 is 27.3. The largest absolute Gasteiger partial charge is 0.387 e. The first-order valence-electron chi connectivity index (χ1n) is 6.81. The second kappa shape index (κ2) is 5.98. The van der Waals surface area contributed by atoms with E-state index in [-0.39, 0.29) is 16.5 Å². The van der Waals surface area contributed by atoms with Crippen molar-refractivity contribution in [3.63, 3.8) is 0 Å². The molecule has 7 nitrogen and oxygen atoms in total. The fourth-order valence-corrected chi connectivity index (χ4v) is 3.58. The Morgan fingerprint density at radius 3 is 2.62 bits per heavy atom. The predicted octanol–water partition coefficient (Wildman–Crippen LogP) is 1.96.